The van der Waals surface area contributed by atoms with Crippen molar-refractivity contribution in [2.75, 3.05) is 28.4 Å². The predicted molar refractivity (Wildman–Crippen MR) is 111 cm³/mol. The Morgan fingerprint density at radius 1 is 0.500 bits per heavy atom. The molecule has 146 valence electrons. The minimum atomic E-state index is 0.781. The van der Waals surface area contributed by atoms with Crippen LogP contribution in [-0.4, -0.2) is 28.4 Å². The monoisotopic (exact) mass is 378 g/mol. The Balaban J connectivity index is 1.78. The van der Waals surface area contributed by atoms with Crippen molar-refractivity contribution in [2.24, 2.45) is 0 Å². The SMILES string of the molecule is COc1ccc(OC)c(Cc2ccc(Cc3cc(OC)ccc3OC)cc2)c1. The van der Waals surface area contributed by atoms with Crippen molar-refractivity contribution in [3.05, 3.63) is 82.9 Å². The highest BCUT2D eigenvalue weighted by atomic mass is 16.5. The molecule has 0 aliphatic carbocycles. The lowest BCUT2D eigenvalue weighted by Crippen LogP contribution is -1.97. The molecule has 0 unspecified atom stereocenters. The molecule has 0 fully saturated rings. The summed E-state index contributed by atoms with van der Waals surface area (Å²) in [5.74, 6) is 3.40. The molecule has 3 aromatic rings. The van der Waals surface area contributed by atoms with Crippen LogP contribution in [0.5, 0.6) is 23.0 Å². The van der Waals surface area contributed by atoms with Crippen LogP contribution in [0.2, 0.25) is 0 Å². The first kappa shape index (κ1) is 19.6. The molecule has 4 nitrogen and oxygen atoms in total. The van der Waals surface area contributed by atoms with Crippen molar-refractivity contribution < 1.29 is 18.9 Å². The second kappa shape index (κ2) is 9.18. The number of methoxy groups -OCH3 is 4. The summed E-state index contributed by atoms with van der Waals surface area (Å²) >= 11 is 0. The molecule has 0 saturated carbocycles. The van der Waals surface area contributed by atoms with Gasteiger partial charge in [0.2, 0.25) is 0 Å². The van der Waals surface area contributed by atoms with Crippen LogP contribution < -0.4 is 18.9 Å². The fourth-order valence-electron chi connectivity index (χ4n) is 3.25. The van der Waals surface area contributed by atoms with Crippen molar-refractivity contribution in [1.82, 2.24) is 0 Å². The van der Waals surface area contributed by atoms with E-state index in [0.29, 0.717) is 0 Å². The minimum Gasteiger partial charge on any atom is -0.497 e. The van der Waals surface area contributed by atoms with Crippen molar-refractivity contribution in [3.8, 4) is 23.0 Å². The van der Waals surface area contributed by atoms with E-state index in [1.807, 2.05) is 36.4 Å². The summed E-state index contributed by atoms with van der Waals surface area (Å²) in [6.07, 6.45) is 1.56. The van der Waals surface area contributed by atoms with Crippen LogP contribution in [0.25, 0.3) is 0 Å². The smallest absolute Gasteiger partial charge is 0.122 e. The zero-order valence-electron chi connectivity index (χ0n) is 16.8. The van der Waals surface area contributed by atoms with Crippen LogP contribution in [0.3, 0.4) is 0 Å². The molecule has 0 N–H and O–H groups in total. The second-order valence-electron chi connectivity index (χ2n) is 6.53. The van der Waals surface area contributed by atoms with Gasteiger partial charge in [0, 0.05) is 24.0 Å². The Morgan fingerprint density at radius 3 is 1.21 bits per heavy atom. The highest BCUT2D eigenvalue weighted by Crippen LogP contribution is 2.28. The van der Waals surface area contributed by atoms with E-state index >= 15 is 0 Å². The van der Waals surface area contributed by atoms with E-state index in [-0.39, 0.29) is 0 Å². The summed E-state index contributed by atoms with van der Waals surface area (Å²) in [7, 11) is 6.73. The summed E-state index contributed by atoms with van der Waals surface area (Å²) in [5, 5.41) is 0. The highest BCUT2D eigenvalue weighted by molar-refractivity contribution is 5.45. The van der Waals surface area contributed by atoms with Crippen molar-refractivity contribution in [2.45, 2.75) is 12.8 Å². The van der Waals surface area contributed by atoms with E-state index in [1.54, 1.807) is 28.4 Å². The van der Waals surface area contributed by atoms with Crippen LogP contribution in [0.1, 0.15) is 22.3 Å². The van der Waals surface area contributed by atoms with Crippen LogP contribution in [-0.2, 0) is 12.8 Å². The molecular formula is C24H26O4. The van der Waals surface area contributed by atoms with Gasteiger partial charge < -0.3 is 18.9 Å². The molecule has 0 heterocycles. The molecule has 3 aromatic carbocycles. The zero-order chi connectivity index (χ0) is 19.9. The van der Waals surface area contributed by atoms with E-state index in [1.165, 1.54) is 11.1 Å². The molecule has 0 atom stereocenters. The standard InChI is InChI=1S/C24H26O4/c1-25-21-9-11-23(27-3)19(15-21)13-17-5-7-18(8-6-17)14-20-16-22(26-2)10-12-24(20)28-4/h5-12,15-16H,13-14H2,1-4H3. The average molecular weight is 378 g/mol. The zero-order valence-corrected chi connectivity index (χ0v) is 16.8. The Hall–Kier alpha value is -3.14. The summed E-state index contributed by atoms with van der Waals surface area (Å²) in [6, 6.07) is 20.4. The molecule has 0 spiro atoms. The lowest BCUT2D eigenvalue weighted by molar-refractivity contribution is 0.399. The van der Waals surface area contributed by atoms with Gasteiger partial charge in [-0.15, -0.1) is 0 Å². The van der Waals surface area contributed by atoms with Gasteiger partial charge in [-0.05, 0) is 47.5 Å². The molecule has 0 amide bonds. The normalized spacial score (nSPS) is 10.4. The van der Waals surface area contributed by atoms with Crippen molar-refractivity contribution in [1.29, 1.82) is 0 Å². The average Bonchev–Trinajstić information content (AvgIpc) is 2.75. The van der Waals surface area contributed by atoms with Crippen LogP contribution in [0.4, 0.5) is 0 Å². The van der Waals surface area contributed by atoms with Gasteiger partial charge in [-0.2, -0.15) is 0 Å². The molecule has 28 heavy (non-hydrogen) atoms. The molecule has 3 rings (SSSR count). The van der Waals surface area contributed by atoms with Crippen LogP contribution in [0.15, 0.2) is 60.7 Å². The van der Waals surface area contributed by atoms with Gasteiger partial charge in [-0.1, -0.05) is 24.3 Å². The number of rotatable bonds is 8. The highest BCUT2D eigenvalue weighted by Gasteiger charge is 2.09. The van der Waals surface area contributed by atoms with Crippen molar-refractivity contribution >= 4 is 0 Å². The van der Waals surface area contributed by atoms with E-state index in [2.05, 4.69) is 24.3 Å². The van der Waals surface area contributed by atoms with Crippen LogP contribution in [0, 0.1) is 0 Å². The first-order valence-electron chi connectivity index (χ1n) is 9.16. The predicted octanol–water partition coefficient (Wildman–Crippen LogP) is 4.90. The van der Waals surface area contributed by atoms with E-state index < -0.39 is 0 Å². The van der Waals surface area contributed by atoms with E-state index in [0.717, 1.165) is 47.0 Å². The van der Waals surface area contributed by atoms with Gasteiger partial charge in [0.15, 0.2) is 0 Å². The minimum absolute atomic E-state index is 0.781. The lowest BCUT2D eigenvalue weighted by atomic mass is 9.99. The molecule has 0 radical (unpaired) electrons. The molecule has 0 bridgehead atoms. The van der Waals surface area contributed by atoms with Crippen LogP contribution >= 0.6 is 0 Å². The first-order chi connectivity index (χ1) is 13.7. The summed E-state index contributed by atoms with van der Waals surface area (Å²) in [5.41, 5.74) is 4.63. The molecule has 0 aromatic heterocycles. The first-order valence-corrected chi connectivity index (χ1v) is 9.16. The maximum atomic E-state index is 5.49. The maximum Gasteiger partial charge on any atom is 0.122 e. The molecule has 0 aliphatic rings. The second-order valence-corrected chi connectivity index (χ2v) is 6.53. The summed E-state index contributed by atoms with van der Waals surface area (Å²) < 4.78 is 21.7. The fraction of sp³-hybridized carbons (Fsp3) is 0.250. The Morgan fingerprint density at radius 2 is 0.893 bits per heavy atom. The lowest BCUT2D eigenvalue weighted by Gasteiger charge is -2.12. The van der Waals surface area contributed by atoms with Gasteiger partial charge in [-0.3, -0.25) is 0 Å². The number of ether oxygens (including phenoxy) is 4. The summed E-state index contributed by atoms with van der Waals surface area (Å²) in [4.78, 5) is 0. The van der Waals surface area contributed by atoms with Gasteiger partial charge in [0.05, 0.1) is 28.4 Å². The number of hydrogen-bond donors (Lipinski definition) is 0. The third kappa shape index (κ3) is 4.58. The van der Waals surface area contributed by atoms with E-state index in [4.69, 9.17) is 18.9 Å². The molecule has 0 saturated heterocycles. The third-order valence-electron chi connectivity index (χ3n) is 4.79. The largest absolute Gasteiger partial charge is 0.497 e. The summed E-state index contributed by atoms with van der Waals surface area (Å²) in [6.45, 7) is 0. The fourth-order valence-corrected chi connectivity index (χ4v) is 3.25. The Kier molecular flexibility index (Phi) is 6.43. The molecule has 0 aliphatic heterocycles. The molecule has 4 heteroatoms. The maximum absolute atomic E-state index is 5.49. The Bertz CT molecular complexity index is 840. The van der Waals surface area contributed by atoms with Gasteiger partial charge in [-0.25, -0.2) is 0 Å². The van der Waals surface area contributed by atoms with Crippen molar-refractivity contribution in [3.63, 3.8) is 0 Å². The van der Waals surface area contributed by atoms with Gasteiger partial charge in [0.1, 0.15) is 23.0 Å². The third-order valence-corrected chi connectivity index (χ3v) is 4.79. The topological polar surface area (TPSA) is 36.9 Å². The number of benzene rings is 3. The quantitative estimate of drug-likeness (QED) is 0.558. The Labute approximate surface area is 166 Å². The molecular weight excluding hydrogens is 352 g/mol. The van der Waals surface area contributed by atoms with E-state index in [9.17, 15) is 0 Å². The van der Waals surface area contributed by atoms with Gasteiger partial charge >= 0.3 is 0 Å². The number of hydrogen-bond acceptors (Lipinski definition) is 4. The van der Waals surface area contributed by atoms with Gasteiger partial charge in [0.25, 0.3) is 0 Å².